The number of H-pyrrole nitrogens is 1. The number of ether oxygens (including phenoxy) is 1. The van der Waals surface area contributed by atoms with Gasteiger partial charge in [0.25, 0.3) is 0 Å². The molecule has 0 aliphatic rings. The highest BCUT2D eigenvalue weighted by atomic mass is 79.9. The summed E-state index contributed by atoms with van der Waals surface area (Å²) in [6.07, 6.45) is 0. The molecule has 120 valence electrons. The molecule has 2 aromatic carbocycles. The van der Waals surface area contributed by atoms with Gasteiger partial charge in [0.05, 0.1) is 12.6 Å². The number of fused-ring (bicyclic) bond motifs is 1. The number of halogens is 1. The van der Waals surface area contributed by atoms with E-state index in [0.29, 0.717) is 20.9 Å². The minimum absolute atomic E-state index is 0.147. The van der Waals surface area contributed by atoms with E-state index in [-0.39, 0.29) is 11.3 Å². The van der Waals surface area contributed by atoms with E-state index in [0.717, 1.165) is 0 Å². The number of aromatic amines is 1. The van der Waals surface area contributed by atoms with Gasteiger partial charge >= 0.3 is 5.97 Å². The van der Waals surface area contributed by atoms with Gasteiger partial charge in [-0.3, -0.25) is 9.59 Å². The molecule has 0 aliphatic heterocycles. The normalized spacial score (nSPS) is 10.6. The highest BCUT2D eigenvalue weighted by Gasteiger charge is 2.25. The van der Waals surface area contributed by atoms with Gasteiger partial charge in [-0.15, -0.1) is 0 Å². The Morgan fingerprint density at radius 1 is 1.08 bits per heavy atom. The molecular formula is C18H12BrNO4. The van der Waals surface area contributed by atoms with Crippen molar-refractivity contribution in [1.29, 1.82) is 0 Å². The van der Waals surface area contributed by atoms with Crippen molar-refractivity contribution in [3.8, 4) is 0 Å². The minimum Gasteiger partial charge on any atom is -0.464 e. The minimum atomic E-state index is -0.767. The van der Waals surface area contributed by atoms with Gasteiger partial charge < -0.3 is 9.72 Å². The van der Waals surface area contributed by atoms with Crippen LogP contribution in [0.3, 0.4) is 0 Å². The molecule has 0 atom stereocenters. The number of nitrogens with one attached hydrogen (secondary N) is 1. The van der Waals surface area contributed by atoms with Crippen molar-refractivity contribution in [3.63, 3.8) is 0 Å². The number of hydrogen-bond donors (Lipinski definition) is 1. The summed E-state index contributed by atoms with van der Waals surface area (Å²) in [4.78, 5) is 40.6. The molecule has 24 heavy (non-hydrogen) atoms. The molecule has 0 saturated carbocycles. The zero-order valence-electron chi connectivity index (χ0n) is 12.6. The second-order valence-corrected chi connectivity index (χ2v) is 6.00. The van der Waals surface area contributed by atoms with Crippen molar-refractivity contribution in [2.45, 2.75) is 0 Å². The molecule has 0 bridgehead atoms. The predicted molar refractivity (Wildman–Crippen MR) is 93.5 cm³/mol. The van der Waals surface area contributed by atoms with Gasteiger partial charge in [0.2, 0.25) is 5.43 Å². The Balaban J connectivity index is 2.35. The summed E-state index contributed by atoms with van der Waals surface area (Å²) in [5.41, 5.74) is -0.111. The maximum atomic E-state index is 12.9. The predicted octanol–water partition coefficient (Wildman–Crippen LogP) is 3.31. The Hall–Kier alpha value is -2.73. The van der Waals surface area contributed by atoms with Crippen molar-refractivity contribution in [1.82, 2.24) is 4.98 Å². The van der Waals surface area contributed by atoms with E-state index in [9.17, 15) is 14.4 Å². The number of carbonyl (C=O) groups excluding carboxylic acids is 2. The van der Waals surface area contributed by atoms with Crippen LogP contribution in [0.4, 0.5) is 0 Å². The van der Waals surface area contributed by atoms with Crippen LogP contribution in [0.25, 0.3) is 10.9 Å². The molecule has 3 aromatic rings. The quantitative estimate of drug-likeness (QED) is 0.554. The van der Waals surface area contributed by atoms with E-state index in [4.69, 9.17) is 4.74 Å². The number of aromatic nitrogens is 1. The van der Waals surface area contributed by atoms with Crippen LogP contribution in [0, 0.1) is 0 Å². The van der Waals surface area contributed by atoms with Crippen LogP contribution >= 0.6 is 15.9 Å². The van der Waals surface area contributed by atoms with E-state index in [1.54, 1.807) is 48.5 Å². The molecule has 0 spiro atoms. The number of ketones is 1. The summed E-state index contributed by atoms with van der Waals surface area (Å²) in [6.45, 7) is 0. The Morgan fingerprint density at radius 2 is 1.79 bits per heavy atom. The molecule has 6 heteroatoms. The van der Waals surface area contributed by atoms with Crippen molar-refractivity contribution >= 4 is 38.6 Å². The first-order valence-electron chi connectivity index (χ1n) is 7.06. The third-order valence-electron chi connectivity index (χ3n) is 3.62. The molecule has 1 N–H and O–H groups in total. The maximum absolute atomic E-state index is 12.9. The number of rotatable bonds is 3. The van der Waals surface area contributed by atoms with E-state index in [1.807, 2.05) is 0 Å². The summed E-state index contributed by atoms with van der Waals surface area (Å²) in [5, 5.41) is 0.316. The second kappa shape index (κ2) is 6.41. The summed E-state index contributed by atoms with van der Waals surface area (Å²) >= 11 is 3.30. The Labute approximate surface area is 145 Å². The first-order valence-corrected chi connectivity index (χ1v) is 7.86. The van der Waals surface area contributed by atoms with Crippen LogP contribution in [-0.4, -0.2) is 23.8 Å². The van der Waals surface area contributed by atoms with E-state index >= 15 is 0 Å². The first kappa shape index (κ1) is 16.1. The molecule has 3 rings (SSSR count). The molecule has 0 aliphatic carbocycles. The molecule has 0 fully saturated rings. The van der Waals surface area contributed by atoms with Gasteiger partial charge in [-0.25, -0.2) is 4.79 Å². The number of esters is 1. The lowest BCUT2D eigenvalue weighted by Gasteiger charge is -2.09. The summed E-state index contributed by atoms with van der Waals surface area (Å²) in [6, 6.07) is 13.3. The monoisotopic (exact) mass is 385 g/mol. The molecule has 1 heterocycles. The van der Waals surface area contributed by atoms with Crippen molar-refractivity contribution in [3.05, 3.63) is 80.0 Å². The molecule has 5 nitrogen and oxygen atoms in total. The van der Waals surface area contributed by atoms with Crippen LogP contribution in [0.2, 0.25) is 0 Å². The van der Waals surface area contributed by atoms with E-state index in [2.05, 4.69) is 20.9 Å². The number of hydrogen-bond acceptors (Lipinski definition) is 4. The average Bonchev–Trinajstić information content (AvgIpc) is 2.61. The summed E-state index contributed by atoms with van der Waals surface area (Å²) in [5.74, 6) is -1.30. The van der Waals surface area contributed by atoms with Gasteiger partial charge in [-0.05, 0) is 18.2 Å². The van der Waals surface area contributed by atoms with Gasteiger partial charge in [-0.1, -0.05) is 46.3 Å². The van der Waals surface area contributed by atoms with E-state index in [1.165, 1.54) is 7.11 Å². The largest absolute Gasteiger partial charge is 0.464 e. The lowest BCUT2D eigenvalue weighted by Crippen LogP contribution is -2.24. The lowest BCUT2D eigenvalue weighted by molar-refractivity contribution is 0.0591. The fourth-order valence-corrected chi connectivity index (χ4v) is 2.83. The smallest absolute Gasteiger partial charge is 0.355 e. The Kier molecular flexibility index (Phi) is 4.31. The Bertz CT molecular complexity index is 1010. The van der Waals surface area contributed by atoms with Crippen LogP contribution in [-0.2, 0) is 4.74 Å². The van der Waals surface area contributed by atoms with Gasteiger partial charge in [0, 0.05) is 15.4 Å². The van der Waals surface area contributed by atoms with Crippen LogP contribution in [0.15, 0.2) is 57.8 Å². The SMILES string of the molecule is COC(=O)c1[nH]c2ccc(Br)cc2c(=O)c1C(=O)c1ccccc1. The number of methoxy groups -OCH3 is 1. The first-order chi connectivity index (χ1) is 11.5. The van der Waals surface area contributed by atoms with Gasteiger partial charge in [-0.2, -0.15) is 0 Å². The average molecular weight is 386 g/mol. The highest BCUT2D eigenvalue weighted by molar-refractivity contribution is 9.10. The van der Waals surface area contributed by atoms with Crippen molar-refractivity contribution in [2.75, 3.05) is 7.11 Å². The fourth-order valence-electron chi connectivity index (χ4n) is 2.46. The zero-order chi connectivity index (χ0) is 17.3. The zero-order valence-corrected chi connectivity index (χ0v) is 14.2. The lowest BCUT2D eigenvalue weighted by atomic mass is 9.99. The van der Waals surface area contributed by atoms with Crippen molar-refractivity contribution in [2.24, 2.45) is 0 Å². The third-order valence-corrected chi connectivity index (χ3v) is 4.11. The summed E-state index contributed by atoms with van der Waals surface area (Å²) in [7, 11) is 1.20. The number of benzene rings is 2. The van der Waals surface area contributed by atoms with Gasteiger partial charge in [0.15, 0.2) is 5.78 Å². The topological polar surface area (TPSA) is 76.2 Å². The molecule has 0 saturated heterocycles. The maximum Gasteiger partial charge on any atom is 0.355 e. The molecule has 1 aromatic heterocycles. The van der Waals surface area contributed by atoms with E-state index < -0.39 is 17.2 Å². The van der Waals surface area contributed by atoms with Crippen LogP contribution in [0.5, 0.6) is 0 Å². The highest BCUT2D eigenvalue weighted by Crippen LogP contribution is 2.19. The molecule has 0 radical (unpaired) electrons. The van der Waals surface area contributed by atoms with Crippen LogP contribution < -0.4 is 5.43 Å². The van der Waals surface area contributed by atoms with Crippen LogP contribution in [0.1, 0.15) is 26.4 Å². The molecule has 0 amide bonds. The number of carbonyl (C=O) groups is 2. The second-order valence-electron chi connectivity index (χ2n) is 5.08. The Morgan fingerprint density at radius 3 is 2.46 bits per heavy atom. The standard InChI is InChI=1S/C18H12BrNO4/c1-24-18(23)15-14(16(21)10-5-3-2-4-6-10)17(22)12-9-11(19)7-8-13(12)20-15/h2-9H,1H3,(H,20,22). The van der Waals surface area contributed by atoms with Crippen molar-refractivity contribution < 1.29 is 14.3 Å². The fraction of sp³-hybridized carbons (Fsp3) is 0.0556. The molecular weight excluding hydrogens is 374 g/mol. The number of pyridine rings is 1. The summed E-state index contributed by atoms with van der Waals surface area (Å²) < 4.78 is 5.42. The van der Waals surface area contributed by atoms with Gasteiger partial charge in [0.1, 0.15) is 11.3 Å². The molecule has 0 unspecified atom stereocenters. The third kappa shape index (κ3) is 2.76.